The molecule has 17 heavy (non-hydrogen) atoms. The van der Waals surface area contributed by atoms with Gasteiger partial charge in [0.2, 0.25) is 0 Å². The second-order valence-corrected chi connectivity index (χ2v) is 5.16. The van der Waals surface area contributed by atoms with E-state index in [1.54, 1.807) is 12.1 Å². The van der Waals surface area contributed by atoms with E-state index in [1.807, 2.05) is 0 Å². The number of benzene rings is 1. The van der Waals surface area contributed by atoms with Crippen LogP contribution in [0.15, 0.2) is 18.2 Å². The quantitative estimate of drug-likeness (QED) is 0.891. The van der Waals surface area contributed by atoms with Crippen LogP contribution >= 0.6 is 11.6 Å². The highest BCUT2D eigenvalue weighted by Gasteiger charge is 2.18. The first-order chi connectivity index (χ1) is 8.16. The lowest BCUT2D eigenvalue weighted by molar-refractivity contribution is 0.387. The molecule has 2 rings (SSSR count). The molecule has 1 aromatic rings. The predicted molar refractivity (Wildman–Crippen MR) is 68.7 cm³/mol. The smallest absolute Gasteiger partial charge is 0.129 e. The lowest BCUT2D eigenvalue weighted by atomic mass is 10.1. The summed E-state index contributed by atoms with van der Waals surface area (Å²) in [7, 11) is 2.13. The second kappa shape index (κ2) is 5.80. The van der Waals surface area contributed by atoms with Crippen LogP contribution in [0.4, 0.5) is 4.39 Å². The third-order valence-corrected chi connectivity index (χ3v) is 3.64. The van der Waals surface area contributed by atoms with E-state index in [4.69, 9.17) is 11.6 Å². The first-order valence-electron chi connectivity index (χ1n) is 5.99. The van der Waals surface area contributed by atoms with Crippen LogP contribution in [0.5, 0.6) is 0 Å². The number of hydrogen-bond donors (Lipinski definition) is 1. The summed E-state index contributed by atoms with van der Waals surface area (Å²) in [4.78, 5) is 2.32. The van der Waals surface area contributed by atoms with E-state index in [1.165, 1.54) is 12.5 Å². The summed E-state index contributed by atoms with van der Waals surface area (Å²) < 4.78 is 13.5. The molecule has 1 N–H and O–H groups in total. The maximum atomic E-state index is 13.5. The molecule has 1 aromatic carbocycles. The number of halogens is 2. The molecule has 1 saturated heterocycles. The van der Waals surface area contributed by atoms with Gasteiger partial charge >= 0.3 is 0 Å². The number of hydrogen-bond acceptors (Lipinski definition) is 2. The molecule has 0 saturated carbocycles. The molecule has 1 atom stereocenters. The van der Waals surface area contributed by atoms with Gasteiger partial charge in [0.1, 0.15) is 5.82 Å². The van der Waals surface area contributed by atoms with E-state index in [0.717, 1.165) is 19.6 Å². The third-order valence-electron chi connectivity index (χ3n) is 3.29. The van der Waals surface area contributed by atoms with Crippen molar-refractivity contribution in [2.45, 2.75) is 13.0 Å². The highest BCUT2D eigenvalue weighted by Crippen LogP contribution is 2.19. The van der Waals surface area contributed by atoms with Gasteiger partial charge in [-0.15, -0.1) is 0 Å². The molecule has 1 fully saturated rings. The molecular weight excluding hydrogens is 239 g/mol. The highest BCUT2D eigenvalue weighted by atomic mass is 35.5. The van der Waals surface area contributed by atoms with Crippen molar-refractivity contribution in [1.82, 2.24) is 10.2 Å². The second-order valence-electron chi connectivity index (χ2n) is 4.75. The van der Waals surface area contributed by atoms with Gasteiger partial charge in [-0.2, -0.15) is 0 Å². The van der Waals surface area contributed by atoms with Crippen molar-refractivity contribution in [2.24, 2.45) is 5.92 Å². The van der Waals surface area contributed by atoms with Gasteiger partial charge in [0.25, 0.3) is 0 Å². The Hall–Kier alpha value is -0.640. The van der Waals surface area contributed by atoms with E-state index < -0.39 is 0 Å². The van der Waals surface area contributed by atoms with Crippen molar-refractivity contribution in [2.75, 3.05) is 26.7 Å². The zero-order chi connectivity index (χ0) is 12.3. The first kappa shape index (κ1) is 12.8. The minimum absolute atomic E-state index is 0.228. The SMILES string of the molecule is CN1CCC(CNCc2c(F)cccc2Cl)C1. The van der Waals surface area contributed by atoms with Crippen LogP contribution in [0.2, 0.25) is 5.02 Å². The Balaban J connectivity index is 1.82. The fourth-order valence-corrected chi connectivity index (χ4v) is 2.53. The van der Waals surface area contributed by atoms with Gasteiger partial charge in [-0.3, -0.25) is 0 Å². The van der Waals surface area contributed by atoms with Crippen molar-refractivity contribution in [3.05, 3.63) is 34.6 Å². The molecule has 94 valence electrons. The van der Waals surface area contributed by atoms with E-state index in [2.05, 4.69) is 17.3 Å². The molecule has 4 heteroatoms. The van der Waals surface area contributed by atoms with Crippen LogP contribution < -0.4 is 5.32 Å². The monoisotopic (exact) mass is 256 g/mol. The van der Waals surface area contributed by atoms with Gasteiger partial charge in [-0.1, -0.05) is 17.7 Å². The molecule has 0 bridgehead atoms. The highest BCUT2D eigenvalue weighted by molar-refractivity contribution is 6.31. The standard InChI is InChI=1S/C13H18ClFN2/c1-17-6-5-10(9-17)7-16-8-11-12(14)3-2-4-13(11)15/h2-4,10,16H,5-9H2,1H3. The van der Waals surface area contributed by atoms with Gasteiger partial charge in [-0.25, -0.2) is 4.39 Å². The molecule has 2 nitrogen and oxygen atoms in total. The summed E-state index contributed by atoms with van der Waals surface area (Å²) in [5.41, 5.74) is 0.570. The molecule has 0 spiro atoms. The summed E-state index contributed by atoms with van der Waals surface area (Å²) in [5.74, 6) is 0.444. The largest absolute Gasteiger partial charge is 0.312 e. The van der Waals surface area contributed by atoms with Crippen LogP contribution in [0.25, 0.3) is 0 Å². The van der Waals surface area contributed by atoms with Gasteiger partial charge in [0.15, 0.2) is 0 Å². The van der Waals surface area contributed by atoms with E-state index in [9.17, 15) is 4.39 Å². The molecule has 0 aliphatic carbocycles. The van der Waals surface area contributed by atoms with Crippen LogP contribution in [0.1, 0.15) is 12.0 Å². The first-order valence-corrected chi connectivity index (χ1v) is 6.37. The number of likely N-dealkylation sites (tertiary alicyclic amines) is 1. The van der Waals surface area contributed by atoms with Crippen molar-refractivity contribution in [1.29, 1.82) is 0 Å². The summed E-state index contributed by atoms with van der Waals surface area (Å²) in [6.07, 6.45) is 1.22. The van der Waals surface area contributed by atoms with Gasteiger partial charge in [0.05, 0.1) is 0 Å². The van der Waals surface area contributed by atoms with E-state index in [0.29, 0.717) is 23.0 Å². The van der Waals surface area contributed by atoms with Gasteiger partial charge in [-0.05, 0) is 44.6 Å². The fraction of sp³-hybridized carbons (Fsp3) is 0.538. The number of nitrogens with zero attached hydrogens (tertiary/aromatic N) is 1. The molecule has 0 amide bonds. The predicted octanol–water partition coefficient (Wildman–Crippen LogP) is 2.52. The molecule has 1 aliphatic rings. The zero-order valence-corrected chi connectivity index (χ0v) is 10.8. The van der Waals surface area contributed by atoms with E-state index in [-0.39, 0.29) is 5.82 Å². The van der Waals surface area contributed by atoms with Crippen LogP contribution in [0, 0.1) is 11.7 Å². The maximum Gasteiger partial charge on any atom is 0.129 e. The summed E-state index contributed by atoms with van der Waals surface area (Å²) >= 11 is 5.96. The summed E-state index contributed by atoms with van der Waals surface area (Å²) in [6, 6.07) is 4.81. The fourth-order valence-electron chi connectivity index (χ4n) is 2.30. The Morgan fingerprint density at radius 1 is 1.53 bits per heavy atom. The van der Waals surface area contributed by atoms with Crippen LogP contribution in [-0.2, 0) is 6.54 Å². The lowest BCUT2D eigenvalue weighted by Crippen LogP contribution is -2.25. The molecule has 0 radical (unpaired) electrons. The van der Waals surface area contributed by atoms with Crippen molar-refractivity contribution in [3.8, 4) is 0 Å². The Morgan fingerprint density at radius 2 is 2.35 bits per heavy atom. The average molecular weight is 257 g/mol. The molecule has 0 aromatic heterocycles. The maximum absolute atomic E-state index is 13.5. The zero-order valence-electron chi connectivity index (χ0n) is 10.0. The minimum Gasteiger partial charge on any atom is -0.312 e. The topological polar surface area (TPSA) is 15.3 Å². The Kier molecular flexibility index (Phi) is 4.37. The third kappa shape index (κ3) is 3.41. The van der Waals surface area contributed by atoms with Crippen molar-refractivity contribution < 1.29 is 4.39 Å². The lowest BCUT2D eigenvalue weighted by Gasteiger charge is -2.12. The Morgan fingerprint density at radius 3 is 3.00 bits per heavy atom. The molecule has 1 heterocycles. The Labute approximate surface area is 107 Å². The van der Waals surface area contributed by atoms with Gasteiger partial charge < -0.3 is 10.2 Å². The van der Waals surface area contributed by atoms with E-state index >= 15 is 0 Å². The molecule has 1 aliphatic heterocycles. The Bertz CT molecular complexity index is 363. The van der Waals surface area contributed by atoms with Crippen molar-refractivity contribution >= 4 is 11.6 Å². The number of rotatable bonds is 4. The molecule has 1 unspecified atom stereocenters. The van der Waals surface area contributed by atoms with Gasteiger partial charge in [0, 0.05) is 23.7 Å². The van der Waals surface area contributed by atoms with Crippen LogP contribution in [-0.4, -0.2) is 31.6 Å². The summed E-state index contributed by atoms with van der Waals surface area (Å²) in [6.45, 7) is 3.71. The van der Waals surface area contributed by atoms with Crippen molar-refractivity contribution in [3.63, 3.8) is 0 Å². The van der Waals surface area contributed by atoms with Crippen LogP contribution in [0.3, 0.4) is 0 Å². The molecular formula is C13H18ClFN2. The minimum atomic E-state index is -0.228. The summed E-state index contributed by atoms with van der Waals surface area (Å²) in [5, 5.41) is 3.80. The number of nitrogens with one attached hydrogen (secondary N) is 1. The normalized spacial score (nSPS) is 21.0. The average Bonchev–Trinajstić information content (AvgIpc) is 2.69.